The Morgan fingerprint density at radius 1 is 1.25 bits per heavy atom. The largest absolute Gasteiger partial charge is 2.00 e. The van der Waals surface area contributed by atoms with Crippen LogP contribution in [0, 0.1) is 0 Å². The molecule has 0 heterocycles. The van der Waals surface area contributed by atoms with Crippen molar-refractivity contribution in [2.24, 2.45) is 0 Å². The van der Waals surface area contributed by atoms with Gasteiger partial charge in [0, 0.05) is 0 Å². The molecule has 0 amide bonds. The molecule has 0 unspecified atom stereocenters. The van der Waals surface area contributed by atoms with Gasteiger partial charge < -0.3 is 4.12 Å². The van der Waals surface area contributed by atoms with Gasteiger partial charge in [0.05, 0.1) is 0 Å². The fourth-order valence-electron chi connectivity index (χ4n) is 0. The summed E-state index contributed by atoms with van der Waals surface area (Å²) in [6.45, 7) is 0. The molecule has 0 aliphatic rings. The first-order chi connectivity index (χ1) is 1.41. The molecule has 0 saturated carbocycles. The predicted molar refractivity (Wildman–Crippen MR) is 12.6 cm³/mol. The van der Waals surface area contributed by atoms with Crippen molar-refractivity contribution >= 4 is 21.0 Å². The third kappa shape index (κ3) is 11.4. The molecule has 0 bridgehead atoms. The van der Waals surface area contributed by atoms with E-state index in [0.29, 0.717) is 0 Å². The summed E-state index contributed by atoms with van der Waals surface area (Å²) in [5, 5.41) is 0. The van der Waals surface area contributed by atoms with Gasteiger partial charge in [-0.3, -0.25) is 0 Å². The standard InChI is InChI=1S/OSi2.Pt/c2-1-3;/q;+2. The molecule has 0 N–H and O–H groups in total. The van der Waals surface area contributed by atoms with Crippen LogP contribution in [-0.2, 0) is 25.2 Å². The molecule has 0 saturated heterocycles. The Hall–Kier alpha value is 1.08. The first-order valence-electron chi connectivity index (χ1n) is 0.408. The van der Waals surface area contributed by atoms with Crippen LogP contribution in [0.25, 0.3) is 0 Å². The maximum atomic E-state index is 3.86. The molecule has 0 aliphatic heterocycles. The summed E-state index contributed by atoms with van der Waals surface area (Å²) in [6.07, 6.45) is 0. The normalized spacial score (nSPS) is 4.50. The van der Waals surface area contributed by atoms with Crippen LogP contribution < -0.4 is 0 Å². The van der Waals surface area contributed by atoms with Gasteiger partial charge in [0.2, 0.25) is 21.0 Å². The maximum absolute atomic E-state index is 3.86. The minimum atomic E-state index is 0. The van der Waals surface area contributed by atoms with Crippen LogP contribution in [0.4, 0.5) is 0 Å². The number of hydrogen-bond donors (Lipinski definition) is 0. The Labute approximate surface area is 46.5 Å². The molecule has 0 aromatic carbocycles. The van der Waals surface area contributed by atoms with E-state index >= 15 is 0 Å². The Morgan fingerprint density at radius 2 is 1.25 bits per heavy atom. The van der Waals surface area contributed by atoms with E-state index in [0.717, 1.165) is 0 Å². The Balaban J connectivity index is 0. The van der Waals surface area contributed by atoms with E-state index in [2.05, 4.69) is 25.1 Å². The van der Waals surface area contributed by atoms with Crippen molar-refractivity contribution in [2.75, 3.05) is 0 Å². The molecule has 22 valence electrons. The van der Waals surface area contributed by atoms with Crippen LogP contribution >= 0.6 is 0 Å². The Kier molecular flexibility index (Phi) is 19.9. The molecule has 0 rings (SSSR count). The Morgan fingerprint density at radius 3 is 1.25 bits per heavy atom. The van der Waals surface area contributed by atoms with Gasteiger partial charge in [0.1, 0.15) is 0 Å². The zero-order valence-electron chi connectivity index (χ0n) is 1.72. The van der Waals surface area contributed by atoms with Gasteiger partial charge in [-0.1, -0.05) is 0 Å². The molecule has 0 aliphatic carbocycles. The third-order valence-electron chi connectivity index (χ3n) is 0. The van der Waals surface area contributed by atoms with Gasteiger partial charge in [-0.05, 0) is 0 Å². The van der Waals surface area contributed by atoms with Crippen molar-refractivity contribution < 1.29 is 25.2 Å². The van der Waals surface area contributed by atoms with Gasteiger partial charge in [0.25, 0.3) is 0 Å². The molecule has 0 fully saturated rings. The van der Waals surface area contributed by atoms with Crippen LogP contribution in [0.3, 0.4) is 0 Å². The van der Waals surface area contributed by atoms with Crippen molar-refractivity contribution in [2.45, 2.75) is 0 Å². The van der Waals surface area contributed by atoms with Crippen LogP contribution in [-0.4, -0.2) is 21.0 Å². The van der Waals surface area contributed by atoms with Crippen molar-refractivity contribution in [1.82, 2.24) is 0 Å². The third-order valence-corrected chi connectivity index (χ3v) is 0. The zero-order chi connectivity index (χ0) is 2.71. The van der Waals surface area contributed by atoms with Crippen LogP contribution in [0.2, 0.25) is 0 Å². The molecule has 0 aromatic rings. The van der Waals surface area contributed by atoms with Gasteiger partial charge in [-0.2, -0.15) is 0 Å². The first-order valence-corrected chi connectivity index (χ1v) is 1.22. The fraction of sp³-hybridized carbons (Fsp3) is 0. The smallest absolute Gasteiger partial charge is 0.458 e. The van der Waals surface area contributed by atoms with Crippen LogP contribution in [0.1, 0.15) is 0 Å². The van der Waals surface area contributed by atoms with Crippen molar-refractivity contribution in [3.05, 3.63) is 0 Å². The summed E-state index contributed by atoms with van der Waals surface area (Å²) >= 11 is 0. The summed E-state index contributed by atoms with van der Waals surface area (Å²) in [4.78, 5) is 0. The zero-order valence-corrected chi connectivity index (χ0v) is 6.00. The van der Waals surface area contributed by atoms with E-state index in [1.165, 1.54) is 0 Å². The average Bonchev–Trinajstić information content (AvgIpc) is 0.918. The van der Waals surface area contributed by atoms with Crippen LogP contribution in [0.5, 0.6) is 0 Å². The molecule has 0 aromatic heterocycles. The second-order valence-electron chi connectivity index (χ2n) is 0.102. The summed E-state index contributed by atoms with van der Waals surface area (Å²) in [6, 6.07) is 0. The van der Waals surface area contributed by atoms with E-state index in [1.807, 2.05) is 0 Å². The molecule has 0 atom stereocenters. The summed E-state index contributed by atoms with van der Waals surface area (Å²) in [5.74, 6) is 0. The Bertz CT molecular complexity index is 6.00. The maximum Gasteiger partial charge on any atom is 2.00 e. The number of rotatable bonds is 0. The molecular formula is OPtSi2+2. The average molecular weight is 267 g/mol. The second kappa shape index (κ2) is 8.94. The predicted octanol–water partition coefficient (Wildman–Crippen LogP) is -0.833. The van der Waals surface area contributed by atoms with Crippen molar-refractivity contribution in [1.29, 1.82) is 0 Å². The minimum absolute atomic E-state index is 0. The van der Waals surface area contributed by atoms with Crippen molar-refractivity contribution in [3.8, 4) is 0 Å². The van der Waals surface area contributed by atoms with E-state index < -0.39 is 0 Å². The molecule has 0 spiro atoms. The topological polar surface area (TPSA) is 9.23 Å². The summed E-state index contributed by atoms with van der Waals surface area (Å²) in [5.41, 5.74) is 0. The van der Waals surface area contributed by atoms with Gasteiger partial charge >= 0.3 is 21.1 Å². The monoisotopic (exact) mass is 267 g/mol. The van der Waals surface area contributed by atoms with Gasteiger partial charge in [-0.15, -0.1) is 0 Å². The summed E-state index contributed by atoms with van der Waals surface area (Å²) in [7, 11) is 5.19. The fourth-order valence-corrected chi connectivity index (χ4v) is 0. The quantitative estimate of drug-likeness (QED) is 0.521. The summed E-state index contributed by atoms with van der Waals surface area (Å²) < 4.78 is 3.86. The van der Waals surface area contributed by atoms with E-state index in [4.69, 9.17) is 0 Å². The molecular weight excluding hydrogens is 267 g/mol. The minimum Gasteiger partial charge on any atom is -0.458 e. The van der Waals surface area contributed by atoms with Gasteiger partial charge in [-0.25, -0.2) is 0 Å². The van der Waals surface area contributed by atoms with E-state index in [9.17, 15) is 0 Å². The molecule has 4 heteroatoms. The van der Waals surface area contributed by atoms with E-state index in [1.54, 1.807) is 0 Å². The first kappa shape index (κ1) is 8.91. The number of hydrogen-bond acceptors (Lipinski definition) is 1. The molecule has 4 heavy (non-hydrogen) atoms. The van der Waals surface area contributed by atoms with E-state index in [-0.39, 0.29) is 21.1 Å². The molecule has 1 nitrogen and oxygen atoms in total. The molecule has 6 radical (unpaired) electrons. The second-order valence-corrected chi connectivity index (χ2v) is 0.919. The SMILES string of the molecule is [Pt+2].[Si]O[Si]. The van der Waals surface area contributed by atoms with Crippen LogP contribution in [0.15, 0.2) is 0 Å². The van der Waals surface area contributed by atoms with Crippen molar-refractivity contribution in [3.63, 3.8) is 0 Å². The van der Waals surface area contributed by atoms with Gasteiger partial charge in [0.15, 0.2) is 0 Å².